The van der Waals surface area contributed by atoms with Gasteiger partial charge in [0, 0.05) is 21.2 Å². The summed E-state index contributed by atoms with van der Waals surface area (Å²) in [5.41, 5.74) is 19.7. The molecule has 0 bridgehead atoms. The second-order valence-electron chi connectivity index (χ2n) is 4.19. The zero-order valence-electron chi connectivity index (χ0n) is 11.3. The standard InChI is InChI=1S/C15H9N7/c16-10-13(12-3-7-15(8-4-12)20-22-18)9-11-1-5-14(6-2-11)19-21-17/h1-9H/b13-9+. The van der Waals surface area contributed by atoms with Crippen LogP contribution in [0.5, 0.6) is 0 Å². The minimum Gasteiger partial charge on any atom is -0.192 e. The zero-order valence-corrected chi connectivity index (χ0v) is 11.3. The van der Waals surface area contributed by atoms with Gasteiger partial charge in [-0.15, -0.1) is 0 Å². The maximum absolute atomic E-state index is 9.29. The minimum absolute atomic E-state index is 0.476. The Labute approximate surface area is 126 Å². The Bertz CT molecular complexity index is 829. The van der Waals surface area contributed by atoms with Crippen LogP contribution in [0.25, 0.3) is 32.5 Å². The first-order valence-corrected chi connectivity index (χ1v) is 6.19. The van der Waals surface area contributed by atoms with E-state index in [1.165, 1.54) is 0 Å². The summed E-state index contributed by atoms with van der Waals surface area (Å²) < 4.78 is 0. The molecular formula is C15H9N7. The second-order valence-corrected chi connectivity index (χ2v) is 4.19. The van der Waals surface area contributed by atoms with Gasteiger partial charge in [-0.25, -0.2) is 0 Å². The van der Waals surface area contributed by atoms with E-state index in [1.54, 1.807) is 54.6 Å². The molecular weight excluding hydrogens is 278 g/mol. The van der Waals surface area contributed by atoms with Gasteiger partial charge in [0.2, 0.25) is 0 Å². The number of nitriles is 1. The quantitative estimate of drug-likeness (QED) is 0.233. The van der Waals surface area contributed by atoms with Crippen molar-refractivity contribution in [2.75, 3.05) is 0 Å². The van der Waals surface area contributed by atoms with Crippen molar-refractivity contribution in [3.8, 4) is 6.07 Å². The third-order valence-electron chi connectivity index (χ3n) is 2.82. The van der Waals surface area contributed by atoms with E-state index >= 15 is 0 Å². The average Bonchev–Trinajstić information content (AvgIpc) is 2.56. The smallest absolute Gasteiger partial charge is 0.0998 e. The molecule has 0 atom stereocenters. The molecule has 0 heterocycles. The van der Waals surface area contributed by atoms with Crippen molar-refractivity contribution in [2.24, 2.45) is 10.2 Å². The molecule has 0 aliphatic heterocycles. The van der Waals surface area contributed by atoms with Crippen molar-refractivity contribution in [1.82, 2.24) is 0 Å². The van der Waals surface area contributed by atoms with Crippen LogP contribution in [0, 0.1) is 11.3 Å². The van der Waals surface area contributed by atoms with Crippen LogP contribution in [0.3, 0.4) is 0 Å². The summed E-state index contributed by atoms with van der Waals surface area (Å²) in [5, 5.41) is 16.3. The van der Waals surface area contributed by atoms with Crippen molar-refractivity contribution in [2.45, 2.75) is 0 Å². The van der Waals surface area contributed by atoms with Crippen molar-refractivity contribution in [1.29, 1.82) is 5.26 Å². The monoisotopic (exact) mass is 287 g/mol. The van der Waals surface area contributed by atoms with Crippen LogP contribution in [-0.2, 0) is 0 Å². The highest BCUT2D eigenvalue weighted by Crippen LogP contribution is 2.22. The van der Waals surface area contributed by atoms with Crippen molar-refractivity contribution < 1.29 is 0 Å². The molecule has 22 heavy (non-hydrogen) atoms. The fourth-order valence-corrected chi connectivity index (χ4v) is 1.79. The normalized spacial score (nSPS) is 10.0. The molecule has 0 amide bonds. The fourth-order valence-electron chi connectivity index (χ4n) is 1.79. The van der Waals surface area contributed by atoms with Gasteiger partial charge in [0.25, 0.3) is 0 Å². The highest BCUT2D eigenvalue weighted by molar-refractivity contribution is 5.89. The molecule has 7 heteroatoms. The molecule has 0 saturated heterocycles. The van der Waals surface area contributed by atoms with Crippen LogP contribution in [0.2, 0.25) is 0 Å². The van der Waals surface area contributed by atoms with Gasteiger partial charge >= 0.3 is 0 Å². The molecule has 0 aliphatic carbocycles. The number of nitrogens with zero attached hydrogens (tertiary/aromatic N) is 7. The van der Waals surface area contributed by atoms with E-state index in [4.69, 9.17) is 11.1 Å². The highest BCUT2D eigenvalue weighted by atomic mass is 15.1. The summed E-state index contributed by atoms with van der Waals surface area (Å²) in [6.07, 6.45) is 1.72. The molecule has 2 rings (SSSR count). The van der Waals surface area contributed by atoms with Crippen LogP contribution < -0.4 is 0 Å². The zero-order chi connectivity index (χ0) is 15.8. The number of hydrogen-bond acceptors (Lipinski definition) is 3. The van der Waals surface area contributed by atoms with Gasteiger partial charge in [0.15, 0.2) is 0 Å². The largest absolute Gasteiger partial charge is 0.192 e. The molecule has 0 spiro atoms. The van der Waals surface area contributed by atoms with Crippen LogP contribution in [-0.4, -0.2) is 0 Å². The lowest BCUT2D eigenvalue weighted by atomic mass is 10.0. The van der Waals surface area contributed by atoms with Gasteiger partial charge in [-0.2, -0.15) is 5.26 Å². The average molecular weight is 287 g/mol. The van der Waals surface area contributed by atoms with E-state index < -0.39 is 0 Å². The Balaban J connectivity index is 2.32. The van der Waals surface area contributed by atoms with E-state index in [0.717, 1.165) is 11.1 Å². The molecule has 2 aromatic rings. The van der Waals surface area contributed by atoms with Crippen molar-refractivity contribution >= 4 is 23.0 Å². The molecule has 104 valence electrons. The predicted molar refractivity (Wildman–Crippen MR) is 84.0 cm³/mol. The van der Waals surface area contributed by atoms with Gasteiger partial charge < -0.3 is 0 Å². The number of allylic oxidation sites excluding steroid dienone is 1. The van der Waals surface area contributed by atoms with E-state index in [1.807, 2.05) is 0 Å². The van der Waals surface area contributed by atoms with Crippen LogP contribution >= 0.6 is 0 Å². The van der Waals surface area contributed by atoms with Gasteiger partial charge in [0.05, 0.1) is 11.6 Å². The number of azide groups is 2. The first-order valence-electron chi connectivity index (χ1n) is 6.19. The predicted octanol–water partition coefficient (Wildman–Crippen LogP) is 5.63. The lowest BCUT2D eigenvalue weighted by molar-refractivity contribution is 1.46. The van der Waals surface area contributed by atoms with Crippen LogP contribution in [0.1, 0.15) is 11.1 Å². The molecule has 0 unspecified atom stereocenters. The third kappa shape index (κ3) is 3.65. The second kappa shape index (κ2) is 7.17. The maximum Gasteiger partial charge on any atom is 0.0998 e. The Kier molecular flexibility index (Phi) is 4.79. The van der Waals surface area contributed by atoms with E-state index in [2.05, 4.69) is 26.1 Å². The summed E-state index contributed by atoms with van der Waals surface area (Å²) in [6.45, 7) is 0. The lowest BCUT2D eigenvalue weighted by Crippen LogP contribution is -1.81. The van der Waals surface area contributed by atoms with E-state index in [0.29, 0.717) is 16.9 Å². The summed E-state index contributed by atoms with van der Waals surface area (Å²) in [7, 11) is 0. The van der Waals surface area contributed by atoms with Gasteiger partial charge in [-0.05, 0) is 28.3 Å². The van der Waals surface area contributed by atoms with E-state index in [-0.39, 0.29) is 0 Å². The third-order valence-corrected chi connectivity index (χ3v) is 2.82. The van der Waals surface area contributed by atoms with Gasteiger partial charge in [-0.3, -0.25) is 0 Å². The topological polar surface area (TPSA) is 121 Å². The summed E-state index contributed by atoms with van der Waals surface area (Å²) >= 11 is 0. The Morgan fingerprint density at radius 2 is 1.41 bits per heavy atom. The Hall–Kier alpha value is -3.71. The van der Waals surface area contributed by atoms with Gasteiger partial charge in [-0.1, -0.05) is 58.8 Å². The number of hydrogen-bond donors (Lipinski definition) is 0. The summed E-state index contributed by atoms with van der Waals surface area (Å²) in [5.74, 6) is 0. The Morgan fingerprint density at radius 1 is 0.909 bits per heavy atom. The number of benzene rings is 2. The van der Waals surface area contributed by atoms with Crippen LogP contribution in [0.4, 0.5) is 11.4 Å². The summed E-state index contributed by atoms with van der Waals surface area (Å²) in [4.78, 5) is 5.41. The first kappa shape index (κ1) is 14.7. The SMILES string of the molecule is N#C/C(=C\c1ccc(N=[N+]=[N-])cc1)c1ccc(N=[N+]=[N-])cc1. The Morgan fingerprint density at radius 3 is 1.86 bits per heavy atom. The molecule has 0 saturated carbocycles. The van der Waals surface area contributed by atoms with Crippen LogP contribution in [0.15, 0.2) is 58.8 Å². The fraction of sp³-hybridized carbons (Fsp3) is 0. The minimum atomic E-state index is 0.476. The molecule has 0 N–H and O–H groups in total. The van der Waals surface area contributed by atoms with Crippen molar-refractivity contribution in [3.63, 3.8) is 0 Å². The molecule has 0 fully saturated rings. The van der Waals surface area contributed by atoms with Crippen molar-refractivity contribution in [3.05, 3.63) is 80.5 Å². The highest BCUT2D eigenvalue weighted by Gasteiger charge is 2.01. The van der Waals surface area contributed by atoms with E-state index in [9.17, 15) is 5.26 Å². The first-order chi connectivity index (χ1) is 10.8. The van der Waals surface area contributed by atoms with Gasteiger partial charge in [0.1, 0.15) is 0 Å². The number of rotatable bonds is 4. The molecule has 0 aromatic heterocycles. The molecule has 2 aromatic carbocycles. The molecule has 0 radical (unpaired) electrons. The molecule has 7 nitrogen and oxygen atoms in total. The molecule has 0 aliphatic rings. The summed E-state index contributed by atoms with van der Waals surface area (Å²) in [6, 6.07) is 15.7. The lowest BCUT2D eigenvalue weighted by Gasteiger charge is -2.01. The maximum atomic E-state index is 9.29.